The Bertz CT molecular complexity index is 799. The molecule has 0 bridgehead atoms. The standard InChI is InChI=1S/C22H31FN4O/c1-5-27-14-20(17(4)24-27)22(28)26-12-6-11-25(21(15-26)16(2)3)13-18-7-9-19(23)10-8-18/h7-10,14,16,21H,5-6,11-13,15H2,1-4H3. The van der Waals surface area contributed by atoms with Crippen molar-refractivity contribution in [2.75, 3.05) is 19.6 Å². The highest BCUT2D eigenvalue weighted by Crippen LogP contribution is 2.22. The van der Waals surface area contributed by atoms with Crippen LogP contribution in [0, 0.1) is 18.7 Å². The highest BCUT2D eigenvalue weighted by molar-refractivity contribution is 5.95. The molecule has 2 heterocycles. The van der Waals surface area contributed by atoms with Gasteiger partial charge in [-0.2, -0.15) is 5.10 Å². The molecule has 1 aliphatic heterocycles. The maximum Gasteiger partial charge on any atom is 0.257 e. The van der Waals surface area contributed by atoms with Crippen LogP contribution >= 0.6 is 0 Å². The Morgan fingerprint density at radius 3 is 2.57 bits per heavy atom. The zero-order valence-corrected chi connectivity index (χ0v) is 17.4. The summed E-state index contributed by atoms with van der Waals surface area (Å²) in [5.74, 6) is 0.277. The van der Waals surface area contributed by atoms with Crippen molar-refractivity contribution >= 4 is 5.91 Å². The van der Waals surface area contributed by atoms with Gasteiger partial charge in [-0.1, -0.05) is 26.0 Å². The summed E-state index contributed by atoms with van der Waals surface area (Å²) in [6.07, 6.45) is 2.79. The molecular formula is C22H31FN4O. The van der Waals surface area contributed by atoms with Crippen molar-refractivity contribution in [1.29, 1.82) is 0 Å². The van der Waals surface area contributed by atoms with Gasteiger partial charge >= 0.3 is 0 Å². The first-order valence-corrected chi connectivity index (χ1v) is 10.2. The maximum atomic E-state index is 13.2. The molecule has 1 aromatic heterocycles. The highest BCUT2D eigenvalue weighted by atomic mass is 19.1. The quantitative estimate of drug-likeness (QED) is 0.786. The largest absolute Gasteiger partial charge is 0.337 e. The van der Waals surface area contributed by atoms with E-state index in [9.17, 15) is 9.18 Å². The van der Waals surface area contributed by atoms with E-state index in [1.807, 2.05) is 41.8 Å². The van der Waals surface area contributed by atoms with Crippen molar-refractivity contribution in [2.24, 2.45) is 5.92 Å². The molecule has 0 aliphatic carbocycles. The van der Waals surface area contributed by atoms with E-state index in [0.29, 0.717) is 18.0 Å². The third-order valence-corrected chi connectivity index (χ3v) is 5.61. The van der Waals surface area contributed by atoms with Gasteiger partial charge in [-0.25, -0.2) is 4.39 Å². The van der Waals surface area contributed by atoms with Crippen LogP contribution < -0.4 is 0 Å². The summed E-state index contributed by atoms with van der Waals surface area (Å²) in [4.78, 5) is 17.6. The summed E-state index contributed by atoms with van der Waals surface area (Å²) >= 11 is 0. The Morgan fingerprint density at radius 1 is 1.25 bits per heavy atom. The summed E-state index contributed by atoms with van der Waals surface area (Å²) in [6, 6.07) is 6.99. The fraction of sp³-hybridized carbons (Fsp3) is 0.545. The Labute approximate surface area is 167 Å². The summed E-state index contributed by atoms with van der Waals surface area (Å²) in [6.45, 7) is 12.2. The van der Waals surface area contributed by atoms with Crippen molar-refractivity contribution in [1.82, 2.24) is 19.6 Å². The van der Waals surface area contributed by atoms with Crippen LogP contribution in [0.1, 0.15) is 48.8 Å². The molecule has 2 aromatic rings. The van der Waals surface area contributed by atoms with Crippen molar-refractivity contribution in [3.8, 4) is 0 Å². The average molecular weight is 387 g/mol. The number of nitrogens with zero attached hydrogens (tertiary/aromatic N) is 4. The SMILES string of the molecule is CCn1cc(C(=O)N2CCCN(Cc3ccc(F)cc3)C(C(C)C)C2)c(C)n1. The molecule has 1 fully saturated rings. The molecule has 1 atom stereocenters. The third-order valence-electron chi connectivity index (χ3n) is 5.61. The normalized spacial score (nSPS) is 18.5. The lowest BCUT2D eigenvalue weighted by atomic mass is 10.0. The molecule has 1 amide bonds. The van der Waals surface area contributed by atoms with Crippen LogP contribution in [0.3, 0.4) is 0 Å². The van der Waals surface area contributed by atoms with E-state index in [1.54, 1.807) is 0 Å². The van der Waals surface area contributed by atoms with Crippen LogP contribution in [0.25, 0.3) is 0 Å². The zero-order chi connectivity index (χ0) is 20.3. The second-order valence-electron chi connectivity index (χ2n) is 8.00. The lowest BCUT2D eigenvalue weighted by molar-refractivity contribution is 0.0701. The smallest absolute Gasteiger partial charge is 0.257 e. The predicted octanol–water partition coefficient (Wildman–Crippen LogP) is 3.72. The first-order valence-electron chi connectivity index (χ1n) is 10.2. The van der Waals surface area contributed by atoms with E-state index in [1.165, 1.54) is 12.1 Å². The van der Waals surface area contributed by atoms with Crippen LogP contribution in [0.15, 0.2) is 30.5 Å². The molecule has 1 aromatic carbocycles. The van der Waals surface area contributed by atoms with E-state index < -0.39 is 0 Å². The number of aromatic nitrogens is 2. The van der Waals surface area contributed by atoms with Gasteiger partial charge in [0.2, 0.25) is 0 Å². The monoisotopic (exact) mass is 386 g/mol. The molecule has 152 valence electrons. The summed E-state index contributed by atoms with van der Waals surface area (Å²) in [5.41, 5.74) is 2.60. The minimum Gasteiger partial charge on any atom is -0.337 e. The second kappa shape index (κ2) is 8.86. The predicted molar refractivity (Wildman–Crippen MR) is 109 cm³/mol. The Morgan fingerprint density at radius 2 is 1.96 bits per heavy atom. The summed E-state index contributed by atoms with van der Waals surface area (Å²) < 4.78 is 15.1. The lowest BCUT2D eigenvalue weighted by Crippen LogP contribution is -2.45. The minimum absolute atomic E-state index is 0.0754. The number of hydrogen-bond donors (Lipinski definition) is 0. The van der Waals surface area contributed by atoms with Gasteiger partial charge in [0.1, 0.15) is 5.82 Å². The molecule has 1 aliphatic rings. The van der Waals surface area contributed by atoms with E-state index in [4.69, 9.17) is 0 Å². The molecular weight excluding hydrogens is 355 g/mol. The van der Waals surface area contributed by atoms with Crippen LogP contribution in [0.2, 0.25) is 0 Å². The highest BCUT2D eigenvalue weighted by Gasteiger charge is 2.31. The number of aryl methyl sites for hydroxylation is 2. The van der Waals surface area contributed by atoms with E-state index >= 15 is 0 Å². The van der Waals surface area contributed by atoms with Crippen molar-refractivity contribution < 1.29 is 9.18 Å². The van der Waals surface area contributed by atoms with Gasteiger partial charge in [-0.15, -0.1) is 0 Å². The van der Waals surface area contributed by atoms with Gasteiger partial charge in [0.25, 0.3) is 5.91 Å². The van der Waals surface area contributed by atoms with Crippen LogP contribution in [0.5, 0.6) is 0 Å². The number of halogens is 1. The second-order valence-corrected chi connectivity index (χ2v) is 8.00. The molecule has 0 spiro atoms. The molecule has 28 heavy (non-hydrogen) atoms. The van der Waals surface area contributed by atoms with Crippen LogP contribution in [-0.2, 0) is 13.1 Å². The number of carbonyl (C=O) groups excluding carboxylic acids is 1. The Hall–Kier alpha value is -2.21. The molecule has 5 nitrogen and oxygen atoms in total. The van der Waals surface area contributed by atoms with E-state index in [-0.39, 0.29) is 17.8 Å². The van der Waals surface area contributed by atoms with Crippen molar-refractivity contribution in [3.05, 3.63) is 53.1 Å². The molecule has 3 rings (SSSR count). The molecule has 0 saturated carbocycles. The van der Waals surface area contributed by atoms with Gasteiger partial charge in [-0.05, 0) is 43.9 Å². The lowest BCUT2D eigenvalue weighted by Gasteiger charge is -2.34. The summed E-state index contributed by atoms with van der Waals surface area (Å²) in [7, 11) is 0. The number of carbonyl (C=O) groups is 1. The van der Waals surface area contributed by atoms with Crippen molar-refractivity contribution in [3.63, 3.8) is 0 Å². The number of benzene rings is 1. The van der Waals surface area contributed by atoms with Gasteiger partial charge in [0, 0.05) is 45.0 Å². The van der Waals surface area contributed by atoms with Crippen LogP contribution in [-0.4, -0.2) is 51.2 Å². The fourth-order valence-corrected chi connectivity index (χ4v) is 3.96. The average Bonchev–Trinajstić information content (AvgIpc) is 2.92. The van der Waals surface area contributed by atoms with Crippen LogP contribution in [0.4, 0.5) is 4.39 Å². The third kappa shape index (κ3) is 4.61. The fourth-order valence-electron chi connectivity index (χ4n) is 3.96. The van der Waals surface area contributed by atoms with Gasteiger partial charge < -0.3 is 4.90 Å². The Kier molecular flexibility index (Phi) is 6.50. The molecule has 6 heteroatoms. The number of hydrogen-bond acceptors (Lipinski definition) is 3. The molecule has 1 unspecified atom stereocenters. The van der Waals surface area contributed by atoms with Gasteiger partial charge in [-0.3, -0.25) is 14.4 Å². The molecule has 1 saturated heterocycles. The van der Waals surface area contributed by atoms with Gasteiger partial charge in [0.05, 0.1) is 11.3 Å². The zero-order valence-electron chi connectivity index (χ0n) is 17.4. The minimum atomic E-state index is -0.209. The number of amides is 1. The topological polar surface area (TPSA) is 41.4 Å². The molecule has 0 N–H and O–H groups in total. The first-order chi connectivity index (χ1) is 13.4. The number of rotatable bonds is 5. The Balaban J connectivity index is 1.77. The van der Waals surface area contributed by atoms with Gasteiger partial charge in [0.15, 0.2) is 0 Å². The first kappa shape index (κ1) is 20.5. The summed E-state index contributed by atoms with van der Waals surface area (Å²) in [5, 5.41) is 4.43. The van der Waals surface area contributed by atoms with Crippen molar-refractivity contribution in [2.45, 2.75) is 53.2 Å². The molecule has 0 radical (unpaired) electrons. The van der Waals surface area contributed by atoms with E-state index in [2.05, 4.69) is 23.8 Å². The van der Waals surface area contributed by atoms with E-state index in [0.717, 1.165) is 43.9 Å². The maximum absolute atomic E-state index is 13.2.